The average Bonchev–Trinajstić information content (AvgIpc) is 4.18. The maximum atomic E-state index is 12.7. The van der Waals surface area contributed by atoms with Crippen LogP contribution in [0.15, 0.2) is 60.9 Å². The van der Waals surface area contributed by atoms with E-state index in [0.29, 0.717) is 38.7 Å². The maximum absolute atomic E-state index is 12.7. The summed E-state index contributed by atoms with van der Waals surface area (Å²) in [4.78, 5) is 33.9. The first kappa shape index (κ1) is 43.9. The molecule has 0 bridgehead atoms. The van der Waals surface area contributed by atoms with E-state index in [2.05, 4.69) is 69.2 Å². The van der Waals surface area contributed by atoms with Crippen LogP contribution in [-0.4, -0.2) is 130 Å². The number of benzene rings is 2. The molecule has 7 N–H and O–H groups in total. The average molecular weight is 821 g/mol. The number of aliphatic hydroxyl groups is 4. The normalized spacial score (nSPS) is 18.9. The number of nitrogens with one attached hydrogen (secondary N) is 3. The fraction of sp³-hybridized carbons (Fsp3) is 0.568. The Bertz CT molecular complexity index is 1800. The third kappa shape index (κ3) is 12.4. The number of amides is 2. The Morgan fingerprint density at radius 2 is 1.71 bits per heavy atom. The minimum atomic E-state index is -1.45. The van der Waals surface area contributed by atoms with E-state index in [4.69, 9.17) is 21.4 Å². The van der Waals surface area contributed by atoms with Crippen molar-refractivity contribution < 1.29 is 34.8 Å². The molecule has 2 aliphatic carbocycles. The quantitative estimate of drug-likeness (QED) is 0.0747. The Kier molecular flexibility index (Phi) is 15.9. The number of nitrogens with zero attached hydrogens (tertiary/aromatic N) is 3. The summed E-state index contributed by atoms with van der Waals surface area (Å²) in [7, 11) is 0. The number of hydrogen-bond donors (Lipinski definition) is 7. The molecule has 1 aliphatic heterocycles. The van der Waals surface area contributed by atoms with Crippen LogP contribution in [0, 0.1) is 0 Å². The summed E-state index contributed by atoms with van der Waals surface area (Å²) in [5.74, 6) is 0.968. The first-order valence-electron chi connectivity index (χ1n) is 20.9. The summed E-state index contributed by atoms with van der Waals surface area (Å²) in [6.45, 7) is 6.72. The number of aromatic nitrogens is 1. The molecule has 3 fully saturated rings. The van der Waals surface area contributed by atoms with Gasteiger partial charge in [0.15, 0.2) is 0 Å². The van der Waals surface area contributed by atoms with Crippen molar-refractivity contribution in [3.05, 3.63) is 82.6 Å². The molecule has 1 saturated heterocycles. The molecular weight excluding hydrogens is 760 g/mol. The van der Waals surface area contributed by atoms with Crippen molar-refractivity contribution in [2.24, 2.45) is 0 Å². The zero-order valence-corrected chi connectivity index (χ0v) is 34.4. The maximum Gasteiger partial charge on any atom is 0.234 e. The van der Waals surface area contributed by atoms with Gasteiger partial charge in [-0.1, -0.05) is 48.9 Å². The zero-order chi connectivity index (χ0) is 41.1. The van der Waals surface area contributed by atoms with Crippen LogP contribution in [0.25, 0.3) is 11.1 Å². The van der Waals surface area contributed by atoms with Crippen LogP contribution in [0.3, 0.4) is 0 Å². The zero-order valence-electron chi connectivity index (χ0n) is 33.6. The van der Waals surface area contributed by atoms with Crippen LogP contribution in [0.5, 0.6) is 5.75 Å². The number of ether oxygens (including phenoxy) is 1. The summed E-state index contributed by atoms with van der Waals surface area (Å²) < 4.78 is 6.28. The van der Waals surface area contributed by atoms with Crippen molar-refractivity contribution in [3.63, 3.8) is 0 Å². The number of rotatable bonds is 23. The largest absolute Gasteiger partial charge is 0.490 e. The van der Waals surface area contributed by atoms with E-state index < -0.39 is 18.3 Å². The van der Waals surface area contributed by atoms with Crippen molar-refractivity contribution in [1.82, 2.24) is 30.7 Å². The fourth-order valence-corrected chi connectivity index (χ4v) is 7.83. The first-order chi connectivity index (χ1) is 28.0. The van der Waals surface area contributed by atoms with Crippen molar-refractivity contribution in [2.75, 3.05) is 59.0 Å². The van der Waals surface area contributed by atoms with Gasteiger partial charge >= 0.3 is 0 Å². The highest BCUT2D eigenvalue weighted by molar-refractivity contribution is 6.31. The minimum absolute atomic E-state index is 0.0471. The lowest BCUT2D eigenvalue weighted by molar-refractivity contribution is -0.124. The third-order valence-corrected chi connectivity index (χ3v) is 12.1. The number of halogens is 1. The van der Waals surface area contributed by atoms with Gasteiger partial charge in [-0.2, -0.15) is 0 Å². The molecule has 2 amide bonds. The summed E-state index contributed by atoms with van der Waals surface area (Å²) in [6.07, 6.45) is 6.45. The second-order valence-electron chi connectivity index (χ2n) is 16.2. The van der Waals surface area contributed by atoms with Crippen LogP contribution in [0.4, 0.5) is 0 Å². The van der Waals surface area contributed by atoms with Gasteiger partial charge in [0, 0.05) is 93.9 Å². The van der Waals surface area contributed by atoms with E-state index in [1.54, 1.807) is 0 Å². The molecule has 4 atom stereocenters. The molecule has 2 aromatic carbocycles. The number of hydrogen-bond acceptors (Lipinski definition) is 11. The number of para-hydroxylation sites is 1. The lowest BCUT2D eigenvalue weighted by Gasteiger charge is -2.34. The number of carbonyl (C=O) groups is 2. The molecule has 1 aromatic heterocycles. The van der Waals surface area contributed by atoms with E-state index in [-0.39, 0.29) is 49.4 Å². The molecule has 14 heteroatoms. The van der Waals surface area contributed by atoms with Gasteiger partial charge in [0.05, 0.1) is 24.9 Å². The topological polar surface area (TPSA) is 180 Å². The fourth-order valence-electron chi connectivity index (χ4n) is 7.64. The summed E-state index contributed by atoms with van der Waals surface area (Å²) in [6, 6.07) is 16.7. The van der Waals surface area contributed by atoms with Crippen molar-refractivity contribution in [1.29, 1.82) is 0 Å². The Morgan fingerprint density at radius 1 is 0.948 bits per heavy atom. The minimum Gasteiger partial charge on any atom is -0.490 e. The van der Waals surface area contributed by atoms with Crippen molar-refractivity contribution in [3.8, 4) is 16.9 Å². The molecule has 1 unspecified atom stereocenters. The SMILES string of the molecule is CC(CCCC(=O)NCCN1CCN(CC(=O)NC[C@H](O)[C@@H](O)[C@H](O)CCO)CC1)c1ccc(Cl)c(CNC2(c3cnccc3-c3ccccc3OC3CC3)CC2)c1. The van der Waals surface area contributed by atoms with E-state index in [1.807, 2.05) is 29.4 Å². The second kappa shape index (κ2) is 21.0. The number of carbonyl (C=O) groups excluding carboxylic acids is 2. The molecule has 0 radical (unpaired) electrons. The standard InChI is InChI=1S/C44H61ClN6O7/c1-30(5-4-8-41(55)47-18-19-50-20-22-51(23-21-50)29-42(56)48-28-39(54)43(57)38(53)14-24-52)31-9-12-37(45)32(25-31)26-49-44(15-16-44)36-27-46-17-13-34(36)35-6-2-3-7-40(35)58-33-10-11-33/h2-3,6-7,9,12-13,17,25,27,30,33,38-39,43,49,52-54,57H,4-5,8,10-11,14-16,18-24,26,28-29H2,1H3,(H,47,55)(H,48,56)/t30?,38-,39+,43+/m1/s1. The van der Waals surface area contributed by atoms with Gasteiger partial charge in [0.1, 0.15) is 11.9 Å². The van der Waals surface area contributed by atoms with Crippen LogP contribution >= 0.6 is 11.6 Å². The predicted octanol–water partition coefficient (Wildman–Crippen LogP) is 3.31. The Hall–Kier alpha value is -3.66. The van der Waals surface area contributed by atoms with Crippen molar-refractivity contribution >= 4 is 23.4 Å². The van der Waals surface area contributed by atoms with Gasteiger partial charge in [-0.3, -0.25) is 24.4 Å². The van der Waals surface area contributed by atoms with Gasteiger partial charge in [0.25, 0.3) is 0 Å². The van der Waals surface area contributed by atoms with Crippen molar-refractivity contribution in [2.45, 2.75) is 101 Å². The van der Waals surface area contributed by atoms with E-state index in [1.165, 1.54) is 11.1 Å². The number of piperazine rings is 1. The van der Waals surface area contributed by atoms with Crippen LogP contribution in [0.1, 0.15) is 80.9 Å². The molecular formula is C44H61ClN6O7. The Balaban J connectivity index is 0.882. The molecule has 13 nitrogen and oxygen atoms in total. The van der Waals surface area contributed by atoms with Crippen LogP contribution < -0.4 is 20.7 Å². The van der Waals surface area contributed by atoms with Gasteiger partial charge in [0.2, 0.25) is 11.8 Å². The van der Waals surface area contributed by atoms with Crippen LogP contribution in [0.2, 0.25) is 5.02 Å². The van der Waals surface area contributed by atoms with Gasteiger partial charge in [-0.25, -0.2) is 0 Å². The van der Waals surface area contributed by atoms with Gasteiger partial charge in [-0.15, -0.1) is 0 Å². The highest BCUT2D eigenvalue weighted by atomic mass is 35.5. The summed E-state index contributed by atoms with van der Waals surface area (Å²) in [5, 5.41) is 48.8. The van der Waals surface area contributed by atoms with Crippen LogP contribution in [-0.2, 0) is 21.7 Å². The molecule has 58 heavy (non-hydrogen) atoms. The Morgan fingerprint density at radius 3 is 2.45 bits per heavy atom. The monoisotopic (exact) mass is 820 g/mol. The Labute approximate surface area is 347 Å². The van der Waals surface area contributed by atoms with E-state index >= 15 is 0 Å². The third-order valence-electron chi connectivity index (χ3n) is 11.7. The molecule has 316 valence electrons. The lowest BCUT2D eigenvalue weighted by atomic mass is 9.93. The molecule has 3 aliphatic rings. The highest BCUT2D eigenvalue weighted by Crippen LogP contribution is 2.50. The molecule has 2 saturated carbocycles. The summed E-state index contributed by atoms with van der Waals surface area (Å²) in [5.41, 5.74) is 5.54. The molecule has 0 spiro atoms. The van der Waals surface area contributed by atoms with Gasteiger partial charge < -0.3 is 41.1 Å². The van der Waals surface area contributed by atoms with E-state index in [9.17, 15) is 24.9 Å². The molecule has 2 heterocycles. The molecule has 3 aromatic rings. The highest BCUT2D eigenvalue weighted by Gasteiger charge is 2.46. The summed E-state index contributed by atoms with van der Waals surface area (Å²) >= 11 is 6.75. The first-order valence-corrected chi connectivity index (χ1v) is 21.3. The number of aliphatic hydroxyl groups excluding tert-OH is 4. The lowest BCUT2D eigenvalue weighted by Crippen LogP contribution is -2.52. The smallest absolute Gasteiger partial charge is 0.234 e. The predicted molar refractivity (Wildman–Crippen MR) is 223 cm³/mol. The van der Waals surface area contributed by atoms with Gasteiger partial charge in [-0.05, 0) is 91.3 Å². The second-order valence-corrected chi connectivity index (χ2v) is 16.6. The molecule has 6 rings (SSSR count). The van der Waals surface area contributed by atoms with E-state index in [0.717, 1.165) is 85.6 Å². The number of pyridine rings is 1.